The summed E-state index contributed by atoms with van der Waals surface area (Å²) in [6.07, 6.45) is 14.6. The molecule has 59 heavy (non-hydrogen) atoms. The zero-order valence-corrected chi connectivity index (χ0v) is 38.1. The van der Waals surface area contributed by atoms with Crippen molar-refractivity contribution in [2.75, 3.05) is 52.5 Å². The van der Waals surface area contributed by atoms with E-state index >= 15 is 4.79 Å². The molecule has 0 unspecified atom stereocenters. The summed E-state index contributed by atoms with van der Waals surface area (Å²) < 4.78 is 11.7. The van der Waals surface area contributed by atoms with E-state index in [2.05, 4.69) is 56.7 Å². The van der Waals surface area contributed by atoms with Crippen LogP contribution in [0.4, 0.5) is 0 Å². The number of esters is 1. The van der Waals surface area contributed by atoms with Crippen molar-refractivity contribution in [1.82, 2.24) is 15.1 Å². The van der Waals surface area contributed by atoms with E-state index in [-0.39, 0.29) is 51.4 Å². The average molecular weight is 822 g/mol. The average Bonchev–Trinajstić information content (AvgIpc) is 3.80. The molecule has 2 aliphatic heterocycles. The second-order valence-corrected chi connectivity index (χ2v) is 23.7. The molecular weight excluding hydrogens is 743 g/mol. The van der Waals surface area contributed by atoms with Crippen molar-refractivity contribution in [3.63, 3.8) is 0 Å². The van der Waals surface area contributed by atoms with Crippen LogP contribution in [0.2, 0.25) is 0 Å². The van der Waals surface area contributed by atoms with Gasteiger partial charge in [0.2, 0.25) is 11.8 Å². The summed E-state index contributed by atoms with van der Waals surface area (Å²) in [6, 6.07) is 0. The van der Waals surface area contributed by atoms with Crippen molar-refractivity contribution in [3.05, 3.63) is 0 Å². The van der Waals surface area contributed by atoms with E-state index in [1.54, 1.807) is 13.8 Å². The summed E-state index contributed by atoms with van der Waals surface area (Å²) in [4.78, 5) is 58.1. The molecule has 6 aliphatic carbocycles. The number of piperidine rings is 1. The van der Waals surface area contributed by atoms with E-state index in [1.165, 1.54) is 38.5 Å². The van der Waals surface area contributed by atoms with Crippen molar-refractivity contribution in [2.45, 2.75) is 158 Å². The number of fused-ring (bicyclic) bond motifs is 7. The Labute approximate surface area is 355 Å². The van der Waals surface area contributed by atoms with Gasteiger partial charge in [0.05, 0.1) is 30.5 Å². The molecule has 8 fully saturated rings. The van der Waals surface area contributed by atoms with E-state index in [9.17, 15) is 19.5 Å². The normalized spacial score (nSPS) is 41.7. The number of amides is 2. The molecule has 0 radical (unpaired) electrons. The molecule has 0 aromatic rings. The van der Waals surface area contributed by atoms with Crippen LogP contribution in [0.1, 0.15) is 152 Å². The van der Waals surface area contributed by atoms with Crippen molar-refractivity contribution in [3.8, 4) is 0 Å². The highest BCUT2D eigenvalue weighted by Gasteiger charge is 2.74. The van der Waals surface area contributed by atoms with Crippen molar-refractivity contribution >= 4 is 23.8 Å². The summed E-state index contributed by atoms with van der Waals surface area (Å²) in [7, 11) is 0. The number of nitrogens with zero attached hydrogens (tertiary/aromatic N) is 2. The monoisotopic (exact) mass is 822 g/mol. The van der Waals surface area contributed by atoms with E-state index in [4.69, 9.17) is 9.47 Å². The largest absolute Gasteiger partial charge is 0.481 e. The van der Waals surface area contributed by atoms with Gasteiger partial charge in [-0.1, -0.05) is 41.5 Å². The Morgan fingerprint density at radius 1 is 0.746 bits per heavy atom. The first-order valence-electron chi connectivity index (χ1n) is 24.0. The van der Waals surface area contributed by atoms with Gasteiger partial charge in [0.15, 0.2) is 0 Å². The summed E-state index contributed by atoms with van der Waals surface area (Å²) in [5.74, 6) is 1.73. The van der Waals surface area contributed by atoms with Crippen LogP contribution in [0.15, 0.2) is 0 Å². The Morgan fingerprint density at radius 3 is 2.10 bits per heavy atom. The number of aliphatic carboxylic acids is 1. The second kappa shape index (κ2) is 15.3. The molecule has 10 atom stereocenters. The Hall–Kier alpha value is -2.20. The number of hydrogen-bond acceptors (Lipinski definition) is 7. The topological polar surface area (TPSA) is 125 Å². The lowest BCUT2D eigenvalue weighted by molar-refractivity contribution is -0.251. The zero-order valence-electron chi connectivity index (χ0n) is 38.1. The molecule has 2 heterocycles. The highest BCUT2D eigenvalue weighted by atomic mass is 16.5. The van der Waals surface area contributed by atoms with Crippen LogP contribution < -0.4 is 5.32 Å². The molecule has 0 aromatic heterocycles. The molecule has 0 bridgehead atoms. The summed E-state index contributed by atoms with van der Waals surface area (Å²) in [5, 5.41) is 12.9. The number of hydrogen-bond donors (Lipinski definition) is 2. The third kappa shape index (κ3) is 7.10. The molecule has 0 aromatic carbocycles. The third-order valence-corrected chi connectivity index (χ3v) is 20.2. The number of nitrogens with one attached hydrogen (secondary N) is 1. The van der Waals surface area contributed by atoms with E-state index in [1.807, 2.05) is 0 Å². The number of carboxylic acid groups (broad SMARTS) is 1. The minimum absolute atomic E-state index is 0.0173. The predicted octanol–water partition coefficient (Wildman–Crippen LogP) is 7.97. The fraction of sp³-hybridized carbons (Fsp3) is 0.918. The number of carbonyl (C=O) groups is 4. The maximum atomic E-state index is 15.3. The van der Waals surface area contributed by atoms with Gasteiger partial charge in [0.1, 0.15) is 6.10 Å². The van der Waals surface area contributed by atoms with E-state index in [0.717, 1.165) is 84.2 Å². The molecule has 2 amide bonds. The highest BCUT2D eigenvalue weighted by Crippen LogP contribution is 2.79. The van der Waals surface area contributed by atoms with Crippen molar-refractivity contribution in [2.24, 2.45) is 73.4 Å². The maximum Gasteiger partial charge on any atom is 0.309 e. The number of ether oxygens (including phenoxy) is 2. The van der Waals surface area contributed by atoms with Gasteiger partial charge in [-0.15, -0.1) is 0 Å². The Balaban J connectivity index is 0.972. The summed E-state index contributed by atoms with van der Waals surface area (Å²) >= 11 is 0. The van der Waals surface area contributed by atoms with Crippen LogP contribution in [-0.4, -0.2) is 97.2 Å². The molecule has 2 N–H and O–H groups in total. The van der Waals surface area contributed by atoms with Crippen LogP contribution >= 0.6 is 0 Å². The van der Waals surface area contributed by atoms with Gasteiger partial charge >= 0.3 is 11.9 Å². The van der Waals surface area contributed by atoms with E-state index < -0.39 is 17.4 Å². The molecule has 0 spiro atoms. The number of carbonyl (C=O) groups excluding carboxylic acids is 3. The Kier molecular flexibility index (Phi) is 11.2. The summed E-state index contributed by atoms with van der Waals surface area (Å²) in [6.45, 7) is 24.6. The van der Waals surface area contributed by atoms with Gasteiger partial charge < -0.3 is 24.8 Å². The molecule has 10 heteroatoms. The number of likely N-dealkylation sites (tertiary alicyclic amines) is 1. The van der Waals surface area contributed by atoms with Gasteiger partial charge in [-0.3, -0.25) is 24.1 Å². The number of morpholine rings is 1. The van der Waals surface area contributed by atoms with Gasteiger partial charge in [-0.25, -0.2) is 0 Å². The molecule has 10 nitrogen and oxygen atoms in total. The van der Waals surface area contributed by atoms with E-state index in [0.29, 0.717) is 60.5 Å². The maximum absolute atomic E-state index is 15.3. The Morgan fingerprint density at radius 2 is 1.44 bits per heavy atom. The Bertz CT molecular complexity index is 1640. The highest BCUT2D eigenvalue weighted by molar-refractivity contribution is 5.85. The smallest absolute Gasteiger partial charge is 0.309 e. The van der Waals surface area contributed by atoms with Crippen LogP contribution in [0.3, 0.4) is 0 Å². The SMILES string of the molecule is CC(C)(CC(=O)O[C@H]1CC[C@]2(C)[C@H]3CC[C@@H]4[C@H]5[C@H](C6(C)CC6)CC[C@]5(C(=O)N5CCC(C(=O)NCCN6CCOCC6)CC5)CC[C@@]4(C)[C@]3(C)CC[C@H]2C1(C)C)C(=O)O. The first kappa shape index (κ1) is 43.4. The van der Waals surface area contributed by atoms with Gasteiger partial charge in [0.25, 0.3) is 0 Å². The molecular formula is C49H79N3O7. The lowest BCUT2D eigenvalue weighted by Crippen LogP contribution is -2.67. The molecule has 8 rings (SSSR count). The third-order valence-electron chi connectivity index (χ3n) is 20.2. The standard InChI is InChI=1S/C49H79N3O7/c1-43(2,42(56)57)31-38(53)59-37-13-16-46(6)35(44(37,3)4)12-17-48(8)36(46)10-9-34-39-33(45(5)19-20-45)11-18-49(39,22-21-47(34,48)7)41(55)52-24-14-32(15-25-52)40(54)50-23-26-51-27-29-58-30-28-51/h32-37,39H,9-31H2,1-8H3,(H,50,54)(H,56,57)/t33-,34-,35+,36-,37+,39-,46+,47-,48-,49+/m1/s1. The number of rotatable bonds is 10. The molecule has 2 saturated heterocycles. The summed E-state index contributed by atoms with van der Waals surface area (Å²) in [5.41, 5.74) is -0.858. The zero-order chi connectivity index (χ0) is 42.4. The van der Waals surface area contributed by atoms with Crippen molar-refractivity contribution in [1.29, 1.82) is 0 Å². The van der Waals surface area contributed by atoms with Crippen molar-refractivity contribution < 1.29 is 33.8 Å². The van der Waals surface area contributed by atoms with Gasteiger partial charge in [-0.05, 0) is 155 Å². The molecule has 8 aliphatic rings. The lowest BCUT2D eigenvalue weighted by atomic mass is 9.32. The first-order valence-corrected chi connectivity index (χ1v) is 24.0. The van der Waals surface area contributed by atoms with Crippen LogP contribution in [0, 0.1) is 73.4 Å². The quantitative estimate of drug-likeness (QED) is 0.213. The number of carboxylic acids is 1. The van der Waals surface area contributed by atoms with Gasteiger partial charge in [0, 0.05) is 50.6 Å². The molecule has 6 saturated carbocycles. The van der Waals surface area contributed by atoms with Crippen LogP contribution in [0.5, 0.6) is 0 Å². The molecule has 332 valence electrons. The second-order valence-electron chi connectivity index (χ2n) is 23.7. The predicted molar refractivity (Wildman–Crippen MR) is 227 cm³/mol. The first-order chi connectivity index (χ1) is 27.7. The fourth-order valence-corrected chi connectivity index (χ4v) is 16.1. The lowest BCUT2D eigenvalue weighted by Gasteiger charge is -2.73. The van der Waals surface area contributed by atoms with Crippen LogP contribution in [0.25, 0.3) is 0 Å². The minimum Gasteiger partial charge on any atom is -0.481 e. The van der Waals surface area contributed by atoms with Crippen LogP contribution in [-0.2, 0) is 28.7 Å². The van der Waals surface area contributed by atoms with Gasteiger partial charge in [-0.2, -0.15) is 0 Å². The minimum atomic E-state index is -1.15. The fourth-order valence-electron chi connectivity index (χ4n) is 16.1.